The van der Waals surface area contributed by atoms with E-state index in [1.54, 1.807) is 11.1 Å². The molecular formula is C27H42N8O6. The lowest BCUT2D eigenvalue weighted by atomic mass is 9.83. The van der Waals surface area contributed by atoms with Gasteiger partial charge in [0, 0.05) is 58.4 Å². The number of fused-ring (bicyclic) bond motifs is 7. The maximum Gasteiger partial charge on any atom is 0.248 e. The van der Waals surface area contributed by atoms with Crippen molar-refractivity contribution in [1.29, 1.82) is 0 Å². The molecule has 2 atom stereocenters. The first-order chi connectivity index (χ1) is 19.8. The zero-order chi connectivity index (χ0) is 29.0. The average Bonchev–Trinajstić information content (AvgIpc) is 3.63. The first-order valence-electron chi connectivity index (χ1n) is 14.7. The number of aliphatic hydroxyl groups excluding tert-OH is 1. The molecule has 3 N–H and O–H groups in total. The number of carbonyl (C=O) groups is 4. The van der Waals surface area contributed by atoms with Crippen LogP contribution in [0.25, 0.3) is 0 Å². The van der Waals surface area contributed by atoms with Crippen LogP contribution in [0.15, 0.2) is 6.20 Å². The van der Waals surface area contributed by atoms with Crippen LogP contribution in [-0.2, 0) is 36.9 Å². The van der Waals surface area contributed by atoms with E-state index in [2.05, 4.69) is 25.8 Å². The van der Waals surface area contributed by atoms with Gasteiger partial charge in [0.15, 0.2) is 0 Å². The average molecular weight is 575 g/mol. The van der Waals surface area contributed by atoms with E-state index in [-0.39, 0.29) is 68.3 Å². The number of rotatable bonds is 6. The molecule has 1 spiro atoms. The highest BCUT2D eigenvalue weighted by Gasteiger charge is 2.44. The Bertz CT molecular complexity index is 1110. The lowest BCUT2D eigenvalue weighted by Gasteiger charge is -2.45. The Kier molecular flexibility index (Phi) is 9.19. The molecule has 5 aliphatic heterocycles. The van der Waals surface area contributed by atoms with Gasteiger partial charge in [0.05, 0.1) is 30.4 Å². The summed E-state index contributed by atoms with van der Waals surface area (Å²) < 4.78 is 6.52. The van der Waals surface area contributed by atoms with Crippen molar-refractivity contribution in [3.8, 4) is 0 Å². The standard InChI is InChI=1S/C27H42N8O6/c1-41-18-24(38)32-11-6-27(7-12-32)16-23(37)28-21(15-19-17-34(13-14-36)31-30-19)26(40)33-9-4-20(5-10-33)35-8-2-3-22(35)25(39)29-27/h17,20-22,36H,2-16,18H2,1H3,(H,28,37)(H,29,39)/t21-,22+/m1/s1. The van der Waals surface area contributed by atoms with E-state index in [1.807, 2.05) is 4.90 Å². The van der Waals surface area contributed by atoms with Crippen LogP contribution in [0.3, 0.4) is 0 Å². The molecule has 0 unspecified atom stereocenters. The van der Waals surface area contributed by atoms with Gasteiger partial charge in [0.1, 0.15) is 12.6 Å². The van der Waals surface area contributed by atoms with Crippen molar-refractivity contribution in [2.45, 2.75) is 81.6 Å². The largest absolute Gasteiger partial charge is 0.394 e. The van der Waals surface area contributed by atoms with Crippen molar-refractivity contribution in [2.75, 3.05) is 53.0 Å². The maximum atomic E-state index is 13.8. The van der Waals surface area contributed by atoms with Crippen LogP contribution in [0.2, 0.25) is 0 Å². The molecule has 0 radical (unpaired) electrons. The van der Waals surface area contributed by atoms with Gasteiger partial charge in [-0.2, -0.15) is 0 Å². The molecule has 1 aromatic heterocycles. The molecule has 41 heavy (non-hydrogen) atoms. The van der Waals surface area contributed by atoms with Gasteiger partial charge in [-0.05, 0) is 45.1 Å². The van der Waals surface area contributed by atoms with E-state index in [9.17, 15) is 24.3 Å². The molecule has 5 aliphatic rings. The summed E-state index contributed by atoms with van der Waals surface area (Å²) in [4.78, 5) is 59.4. The second kappa shape index (κ2) is 12.8. The monoisotopic (exact) mass is 574 g/mol. The van der Waals surface area contributed by atoms with Crippen molar-refractivity contribution >= 4 is 23.6 Å². The number of nitrogens with zero attached hydrogens (tertiary/aromatic N) is 6. The molecule has 1 aromatic rings. The van der Waals surface area contributed by atoms with Crippen molar-refractivity contribution in [3.05, 3.63) is 11.9 Å². The molecule has 0 aliphatic carbocycles. The van der Waals surface area contributed by atoms with Gasteiger partial charge in [-0.3, -0.25) is 24.1 Å². The minimum atomic E-state index is -0.836. The first kappa shape index (κ1) is 29.4. The Morgan fingerprint density at radius 3 is 2.59 bits per heavy atom. The quantitative estimate of drug-likeness (QED) is 0.359. The zero-order valence-corrected chi connectivity index (χ0v) is 23.8. The van der Waals surface area contributed by atoms with Gasteiger partial charge >= 0.3 is 0 Å². The summed E-state index contributed by atoms with van der Waals surface area (Å²) in [5.41, 5.74) is -0.290. The van der Waals surface area contributed by atoms with E-state index in [1.165, 1.54) is 11.8 Å². The van der Waals surface area contributed by atoms with Crippen LogP contribution in [0, 0.1) is 0 Å². The predicted octanol–water partition coefficient (Wildman–Crippen LogP) is -1.72. The summed E-state index contributed by atoms with van der Waals surface area (Å²) in [6, 6.07) is -0.874. The molecule has 2 bridgehead atoms. The highest BCUT2D eigenvalue weighted by Crippen LogP contribution is 2.31. The predicted molar refractivity (Wildman–Crippen MR) is 145 cm³/mol. The van der Waals surface area contributed by atoms with Crippen molar-refractivity contribution in [2.24, 2.45) is 0 Å². The molecule has 5 saturated heterocycles. The Balaban J connectivity index is 1.40. The highest BCUT2D eigenvalue weighted by molar-refractivity contribution is 5.89. The molecule has 14 nitrogen and oxygen atoms in total. The lowest BCUT2D eigenvalue weighted by molar-refractivity contribution is -0.141. The maximum absolute atomic E-state index is 13.8. The van der Waals surface area contributed by atoms with E-state index >= 15 is 0 Å². The zero-order valence-electron chi connectivity index (χ0n) is 23.8. The third kappa shape index (κ3) is 6.70. The highest BCUT2D eigenvalue weighted by atomic mass is 16.5. The number of carbonyl (C=O) groups excluding carboxylic acids is 4. The molecule has 6 heterocycles. The number of aromatic nitrogens is 3. The number of hydrogen-bond donors (Lipinski definition) is 3. The number of nitrogens with one attached hydrogen (secondary N) is 2. The lowest BCUT2D eigenvalue weighted by Crippen LogP contribution is -2.63. The fourth-order valence-corrected chi connectivity index (χ4v) is 6.84. The second-order valence-corrected chi connectivity index (χ2v) is 11.7. The second-order valence-electron chi connectivity index (χ2n) is 11.7. The topological polar surface area (TPSA) is 162 Å². The number of likely N-dealkylation sites (tertiary alicyclic amines) is 1. The summed E-state index contributed by atoms with van der Waals surface area (Å²) in [5, 5.41) is 23.6. The number of hydrogen-bond acceptors (Lipinski definition) is 9. The van der Waals surface area contributed by atoms with Crippen LogP contribution < -0.4 is 10.6 Å². The molecule has 4 amide bonds. The SMILES string of the molecule is COCC(=O)N1CCC2(CC1)CC(=O)N[C@H](Cc1cn(CCO)nn1)C(=O)N1CCC(CC1)N1CCC[C@H]1C(=O)N2. The smallest absolute Gasteiger partial charge is 0.248 e. The minimum Gasteiger partial charge on any atom is -0.394 e. The number of methoxy groups -OCH3 is 1. The van der Waals surface area contributed by atoms with Crippen LogP contribution >= 0.6 is 0 Å². The molecular weight excluding hydrogens is 532 g/mol. The molecule has 0 saturated carbocycles. The fourth-order valence-electron chi connectivity index (χ4n) is 6.84. The van der Waals surface area contributed by atoms with Crippen LogP contribution in [0.1, 0.15) is 50.6 Å². The van der Waals surface area contributed by atoms with Crippen molar-refractivity contribution < 1.29 is 29.0 Å². The minimum absolute atomic E-state index is 0.00216. The number of aliphatic hydroxyl groups is 1. The normalized spacial score (nSPS) is 26.1. The fraction of sp³-hybridized carbons (Fsp3) is 0.778. The number of piperidine rings is 2. The van der Waals surface area contributed by atoms with Gasteiger partial charge in [-0.25, -0.2) is 4.68 Å². The van der Waals surface area contributed by atoms with E-state index in [0.29, 0.717) is 44.7 Å². The Morgan fingerprint density at radius 1 is 1.12 bits per heavy atom. The molecule has 6 rings (SSSR count). The van der Waals surface area contributed by atoms with Crippen LogP contribution in [0.4, 0.5) is 0 Å². The summed E-state index contributed by atoms with van der Waals surface area (Å²) in [6.07, 6.45) is 5.94. The Morgan fingerprint density at radius 2 is 1.88 bits per heavy atom. The van der Waals surface area contributed by atoms with Crippen molar-refractivity contribution in [3.63, 3.8) is 0 Å². The third-order valence-electron chi connectivity index (χ3n) is 9.03. The van der Waals surface area contributed by atoms with Gasteiger partial charge in [0.2, 0.25) is 23.6 Å². The van der Waals surface area contributed by atoms with Crippen LogP contribution in [-0.4, -0.2) is 135 Å². The molecule has 14 heteroatoms. The van der Waals surface area contributed by atoms with E-state index in [4.69, 9.17) is 4.74 Å². The van der Waals surface area contributed by atoms with Crippen molar-refractivity contribution in [1.82, 2.24) is 40.3 Å². The van der Waals surface area contributed by atoms with Gasteiger partial charge in [-0.15, -0.1) is 5.10 Å². The molecule has 226 valence electrons. The molecule has 5 fully saturated rings. The summed E-state index contributed by atoms with van der Waals surface area (Å²) >= 11 is 0. The van der Waals surface area contributed by atoms with Gasteiger partial charge < -0.3 is 30.3 Å². The van der Waals surface area contributed by atoms with E-state index in [0.717, 1.165) is 32.2 Å². The number of amides is 4. The Labute approximate surface area is 239 Å². The summed E-state index contributed by atoms with van der Waals surface area (Å²) in [6.45, 7) is 2.96. The van der Waals surface area contributed by atoms with Gasteiger partial charge in [0.25, 0.3) is 0 Å². The summed E-state index contributed by atoms with van der Waals surface area (Å²) in [7, 11) is 1.48. The number of ether oxygens (including phenoxy) is 1. The van der Waals surface area contributed by atoms with Gasteiger partial charge in [-0.1, -0.05) is 5.21 Å². The molecule has 0 aromatic carbocycles. The summed E-state index contributed by atoms with van der Waals surface area (Å²) in [5.74, 6) is -0.662. The first-order valence-corrected chi connectivity index (χ1v) is 14.7. The Hall–Kier alpha value is -3.10. The van der Waals surface area contributed by atoms with Crippen LogP contribution in [0.5, 0.6) is 0 Å². The van der Waals surface area contributed by atoms with E-state index < -0.39 is 11.6 Å². The third-order valence-corrected chi connectivity index (χ3v) is 9.03.